The number of primary amides is 1. The van der Waals surface area contributed by atoms with E-state index in [0.717, 1.165) is 0 Å². The molecule has 1 amide bonds. The van der Waals surface area contributed by atoms with Crippen molar-refractivity contribution in [2.24, 2.45) is 5.73 Å². The van der Waals surface area contributed by atoms with Crippen molar-refractivity contribution < 1.29 is 9.21 Å². The summed E-state index contributed by atoms with van der Waals surface area (Å²) in [5.41, 5.74) is 4.81. The SMILES string of the molecule is Cc1ccc(C=C(C#N)C(N)=O)o1. The van der Waals surface area contributed by atoms with E-state index in [0.29, 0.717) is 11.5 Å². The fourth-order valence-electron chi connectivity index (χ4n) is 0.832. The smallest absolute Gasteiger partial charge is 0.259 e. The average molecular weight is 176 g/mol. The number of rotatable bonds is 2. The van der Waals surface area contributed by atoms with Crippen LogP contribution in [0.3, 0.4) is 0 Å². The Morgan fingerprint density at radius 3 is 2.77 bits per heavy atom. The molecule has 0 aliphatic carbocycles. The van der Waals surface area contributed by atoms with Gasteiger partial charge in [-0.15, -0.1) is 0 Å². The first-order valence-corrected chi connectivity index (χ1v) is 3.61. The number of amides is 1. The van der Waals surface area contributed by atoms with Gasteiger partial charge in [0.15, 0.2) is 0 Å². The average Bonchev–Trinajstić information content (AvgIpc) is 2.46. The summed E-state index contributed by atoms with van der Waals surface area (Å²) < 4.78 is 5.13. The number of carbonyl (C=O) groups excluding carboxylic acids is 1. The predicted molar refractivity (Wildman–Crippen MR) is 46.2 cm³/mol. The maximum Gasteiger partial charge on any atom is 0.259 e. The minimum atomic E-state index is -0.753. The van der Waals surface area contributed by atoms with Crippen LogP contribution in [0.15, 0.2) is 22.1 Å². The molecular formula is C9H8N2O2. The molecular weight excluding hydrogens is 168 g/mol. The van der Waals surface area contributed by atoms with Crippen LogP contribution in [0.25, 0.3) is 6.08 Å². The van der Waals surface area contributed by atoms with Crippen molar-refractivity contribution in [1.29, 1.82) is 5.26 Å². The Kier molecular flexibility index (Phi) is 2.50. The molecule has 0 aliphatic rings. The number of aryl methyl sites for hydroxylation is 1. The molecule has 66 valence electrons. The van der Waals surface area contributed by atoms with Crippen molar-refractivity contribution in [3.05, 3.63) is 29.2 Å². The van der Waals surface area contributed by atoms with Gasteiger partial charge >= 0.3 is 0 Å². The van der Waals surface area contributed by atoms with Crippen molar-refractivity contribution >= 4 is 12.0 Å². The fourth-order valence-corrected chi connectivity index (χ4v) is 0.832. The van der Waals surface area contributed by atoms with Gasteiger partial charge in [0.1, 0.15) is 23.2 Å². The molecule has 0 radical (unpaired) electrons. The number of carbonyl (C=O) groups is 1. The zero-order chi connectivity index (χ0) is 9.84. The number of nitrogens with zero attached hydrogens (tertiary/aromatic N) is 1. The third-order valence-electron chi connectivity index (χ3n) is 1.43. The highest BCUT2D eigenvalue weighted by molar-refractivity contribution is 6.00. The molecule has 1 aromatic heterocycles. The van der Waals surface area contributed by atoms with Gasteiger partial charge in [-0.1, -0.05) is 0 Å². The van der Waals surface area contributed by atoms with E-state index in [1.54, 1.807) is 25.1 Å². The molecule has 1 aromatic rings. The van der Waals surface area contributed by atoms with Crippen molar-refractivity contribution in [3.8, 4) is 6.07 Å². The quantitative estimate of drug-likeness (QED) is 0.538. The molecule has 0 aliphatic heterocycles. The number of nitrogens with two attached hydrogens (primary N) is 1. The number of hydrogen-bond acceptors (Lipinski definition) is 3. The van der Waals surface area contributed by atoms with Gasteiger partial charge < -0.3 is 10.2 Å². The van der Waals surface area contributed by atoms with Gasteiger partial charge in [-0.05, 0) is 19.1 Å². The van der Waals surface area contributed by atoms with E-state index >= 15 is 0 Å². The predicted octanol–water partition coefficient (Wildman–Crippen LogP) is 0.980. The number of furan rings is 1. The second kappa shape index (κ2) is 3.59. The van der Waals surface area contributed by atoms with Crippen LogP contribution >= 0.6 is 0 Å². The van der Waals surface area contributed by atoms with Crippen molar-refractivity contribution in [2.75, 3.05) is 0 Å². The molecule has 4 nitrogen and oxygen atoms in total. The Labute approximate surface area is 75.3 Å². The van der Waals surface area contributed by atoms with E-state index < -0.39 is 5.91 Å². The van der Waals surface area contributed by atoms with Gasteiger partial charge in [-0.25, -0.2) is 0 Å². The van der Waals surface area contributed by atoms with Crippen LogP contribution in [0.5, 0.6) is 0 Å². The van der Waals surface area contributed by atoms with E-state index in [9.17, 15) is 4.79 Å². The molecule has 13 heavy (non-hydrogen) atoms. The van der Waals surface area contributed by atoms with Gasteiger partial charge in [0.2, 0.25) is 0 Å². The van der Waals surface area contributed by atoms with Crippen LogP contribution in [-0.4, -0.2) is 5.91 Å². The molecule has 0 spiro atoms. The lowest BCUT2D eigenvalue weighted by Crippen LogP contribution is -2.12. The van der Waals surface area contributed by atoms with Gasteiger partial charge in [0.05, 0.1) is 0 Å². The van der Waals surface area contributed by atoms with E-state index in [4.69, 9.17) is 15.4 Å². The van der Waals surface area contributed by atoms with Gasteiger partial charge in [0, 0.05) is 6.08 Å². The molecule has 1 heterocycles. The van der Waals surface area contributed by atoms with Gasteiger partial charge in [-0.3, -0.25) is 4.79 Å². The summed E-state index contributed by atoms with van der Waals surface area (Å²) in [7, 11) is 0. The monoisotopic (exact) mass is 176 g/mol. The second-order valence-corrected chi connectivity index (χ2v) is 2.48. The third-order valence-corrected chi connectivity index (χ3v) is 1.43. The zero-order valence-electron chi connectivity index (χ0n) is 7.07. The molecule has 0 aromatic carbocycles. The summed E-state index contributed by atoms with van der Waals surface area (Å²) in [5.74, 6) is 0.414. The lowest BCUT2D eigenvalue weighted by Gasteiger charge is -1.88. The van der Waals surface area contributed by atoms with Gasteiger partial charge in [0.25, 0.3) is 5.91 Å². The Morgan fingerprint density at radius 1 is 1.69 bits per heavy atom. The second-order valence-electron chi connectivity index (χ2n) is 2.48. The molecule has 0 fully saturated rings. The Morgan fingerprint density at radius 2 is 2.38 bits per heavy atom. The van der Waals surface area contributed by atoms with Crippen LogP contribution < -0.4 is 5.73 Å². The molecule has 0 bridgehead atoms. The fraction of sp³-hybridized carbons (Fsp3) is 0.111. The Balaban J connectivity index is 3.00. The summed E-state index contributed by atoms with van der Waals surface area (Å²) in [6.07, 6.45) is 1.31. The van der Waals surface area contributed by atoms with Gasteiger partial charge in [-0.2, -0.15) is 5.26 Å². The van der Waals surface area contributed by atoms with Crippen molar-refractivity contribution in [2.45, 2.75) is 6.92 Å². The highest BCUT2D eigenvalue weighted by Gasteiger charge is 2.04. The standard InChI is InChI=1S/C9H8N2O2/c1-6-2-3-8(13-6)4-7(5-10)9(11)12/h2-4H,1H3,(H2,11,12). The summed E-state index contributed by atoms with van der Waals surface area (Å²) in [6.45, 7) is 1.77. The first kappa shape index (κ1) is 9.07. The minimum Gasteiger partial charge on any atom is -0.462 e. The summed E-state index contributed by atoms with van der Waals surface area (Å²) in [6, 6.07) is 5.09. The first-order chi connectivity index (χ1) is 6.13. The van der Waals surface area contributed by atoms with E-state index in [1.807, 2.05) is 0 Å². The molecule has 0 saturated heterocycles. The summed E-state index contributed by atoms with van der Waals surface area (Å²) in [5, 5.41) is 8.50. The number of nitriles is 1. The summed E-state index contributed by atoms with van der Waals surface area (Å²) >= 11 is 0. The van der Waals surface area contributed by atoms with Crippen LogP contribution in [0, 0.1) is 18.3 Å². The number of hydrogen-bond donors (Lipinski definition) is 1. The maximum atomic E-state index is 10.6. The Hall–Kier alpha value is -2.02. The highest BCUT2D eigenvalue weighted by Crippen LogP contribution is 2.10. The summed E-state index contributed by atoms with van der Waals surface area (Å²) in [4.78, 5) is 10.6. The third kappa shape index (κ3) is 2.20. The van der Waals surface area contributed by atoms with Crippen LogP contribution in [0.1, 0.15) is 11.5 Å². The lowest BCUT2D eigenvalue weighted by molar-refractivity contribution is -0.114. The molecule has 1 rings (SSSR count). The maximum absolute atomic E-state index is 10.6. The largest absolute Gasteiger partial charge is 0.462 e. The first-order valence-electron chi connectivity index (χ1n) is 3.61. The van der Waals surface area contributed by atoms with Crippen molar-refractivity contribution in [3.63, 3.8) is 0 Å². The lowest BCUT2D eigenvalue weighted by atomic mass is 10.2. The Bertz CT molecular complexity index is 396. The normalized spacial score (nSPS) is 10.9. The van der Waals surface area contributed by atoms with Crippen LogP contribution in [0.4, 0.5) is 0 Å². The minimum absolute atomic E-state index is 0.116. The van der Waals surface area contributed by atoms with Crippen LogP contribution in [0.2, 0.25) is 0 Å². The molecule has 0 unspecified atom stereocenters. The topological polar surface area (TPSA) is 80.0 Å². The van der Waals surface area contributed by atoms with Crippen molar-refractivity contribution in [1.82, 2.24) is 0 Å². The highest BCUT2D eigenvalue weighted by atomic mass is 16.3. The molecule has 0 saturated carbocycles. The molecule has 0 atom stereocenters. The zero-order valence-corrected chi connectivity index (χ0v) is 7.07. The molecule has 2 N–H and O–H groups in total. The molecule has 4 heteroatoms. The van der Waals surface area contributed by atoms with E-state index in [2.05, 4.69) is 0 Å². The van der Waals surface area contributed by atoms with Crippen LogP contribution in [-0.2, 0) is 4.79 Å². The van der Waals surface area contributed by atoms with E-state index in [-0.39, 0.29) is 5.57 Å². The van der Waals surface area contributed by atoms with E-state index in [1.165, 1.54) is 6.08 Å².